The maximum Gasteiger partial charge on any atom is 0.257 e. The molecule has 7 heteroatoms. The number of hydrogen-bond donors (Lipinski definition) is 0. The Bertz CT molecular complexity index is 1060. The van der Waals surface area contributed by atoms with Gasteiger partial charge in [0.05, 0.1) is 28.0 Å². The van der Waals surface area contributed by atoms with E-state index < -0.39 is 0 Å². The first kappa shape index (κ1) is 18.8. The highest BCUT2D eigenvalue weighted by molar-refractivity contribution is 6.42. The lowest BCUT2D eigenvalue weighted by molar-refractivity contribution is -0.689. The molecule has 27 heavy (non-hydrogen) atoms. The van der Waals surface area contributed by atoms with Gasteiger partial charge in [0.15, 0.2) is 12.2 Å². The largest absolute Gasteiger partial charge is 0.290 e. The van der Waals surface area contributed by atoms with Crippen molar-refractivity contribution in [3.05, 3.63) is 74.1 Å². The van der Waals surface area contributed by atoms with Gasteiger partial charge < -0.3 is 0 Å². The fourth-order valence-electron chi connectivity index (χ4n) is 3.49. The Morgan fingerprint density at radius 1 is 1.00 bits per heavy atom. The lowest BCUT2D eigenvalue weighted by atomic mass is 10.1. The van der Waals surface area contributed by atoms with Gasteiger partial charge in [-0.15, -0.1) is 0 Å². The van der Waals surface area contributed by atoms with E-state index in [1.165, 1.54) is 0 Å². The van der Waals surface area contributed by atoms with Gasteiger partial charge >= 0.3 is 0 Å². The second kappa shape index (κ2) is 7.48. The number of benzene rings is 2. The van der Waals surface area contributed by atoms with Crippen LogP contribution in [0.15, 0.2) is 42.6 Å². The van der Waals surface area contributed by atoms with Crippen molar-refractivity contribution in [2.24, 2.45) is 0 Å². The highest BCUT2D eigenvalue weighted by Crippen LogP contribution is 2.30. The van der Waals surface area contributed by atoms with E-state index in [9.17, 15) is 4.79 Å². The first-order chi connectivity index (χ1) is 12.9. The molecule has 0 bridgehead atoms. The highest BCUT2D eigenvalue weighted by atomic mass is 35.5. The quantitative estimate of drug-likeness (QED) is 0.367. The third-order valence-electron chi connectivity index (χ3n) is 4.75. The van der Waals surface area contributed by atoms with Crippen molar-refractivity contribution in [2.75, 3.05) is 0 Å². The summed E-state index contributed by atoms with van der Waals surface area (Å²) in [6, 6.07) is 10.5. The van der Waals surface area contributed by atoms with E-state index in [2.05, 4.69) is 4.57 Å². The summed E-state index contributed by atoms with van der Waals surface area (Å²) in [5.74, 6) is 1.07. The van der Waals surface area contributed by atoms with Crippen LogP contribution >= 0.6 is 46.4 Å². The predicted octanol–water partition coefficient (Wildman–Crippen LogP) is 5.89. The smallest absolute Gasteiger partial charge is 0.257 e. The van der Waals surface area contributed by atoms with E-state index in [1.54, 1.807) is 24.3 Å². The van der Waals surface area contributed by atoms with Gasteiger partial charge in [-0.1, -0.05) is 46.4 Å². The molecule has 1 aliphatic heterocycles. The van der Waals surface area contributed by atoms with Crippen LogP contribution in [0.5, 0.6) is 0 Å². The monoisotopic (exact) mass is 439 g/mol. The number of carbonyl (C=O) groups is 1. The molecule has 0 aliphatic carbocycles. The molecule has 3 aromatic rings. The molecule has 1 aliphatic rings. The molecule has 0 fully saturated rings. The minimum absolute atomic E-state index is 0.0531. The van der Waals surface area contributed by atoms with Gasteiger partial charge in [-0.25, -0.2) is 9.13 Å². The van der Waals surface area contributed by atoms with Gasteiger partial charge in [0.1, 0.15) is 6.20 Å². The van der Waals surface area contributed by atoms with Gasteiger partial charge in [-0.05, 0) is 42.8 Å². The van der Waals surface area contributed by atoms with Crippen LogP contribution in [0.4, 0.5) is 0 Å². The van der Waals surface area contributed by atoms with E-state index in [0.717, 1.165) is 36.5 Å². The molecule has 0 N–H and O–H groups in total. The molecule has 138 valence electrons. The summed E-state index contributed by atoms with van der Waals surface area (Å²) in [5.41, 5.74) is 2.47. The number of rotatable bonds is 4. The third-order valence-corrected chi connectivity index (χ3v) is 6.04. The standard InChI is InChI=1S/C20H15Cl4N2O/c21-13-4-5-14(16(23)9-13)19(27)11-25-10-18(26-7-1-2-20(25)26)12-3-6-15(22)17(24)8-12/h3-6,8-10H,1-2,7,11H2/q+1. The first-order valence-corrected chi connectivity index (χ1v) is 10.0. The fourth-order valence-corrected chi connectivity index (χ4v) is 4.30. The zero-order valence-corrected chi connectivity index (χ0v) is 17.2. The Hall–Kier alpha value is -1.52. The molecular weight excluding hydrogens is 426 g/mol. The molecule has 0 saturated carbocycles. The number of hydrogen-bond acceptors (Lipinski definition) is 1. The number of halogens is 4. The number of nitrogens with zero attached hydrogens (tertiary/aromatic N) is 2. The number of carbonyl (C=O) groups excluding carboxylic acids is 1. The molecule has 1 aromatic heterocycles. The normalized spacial score (nSPS) is 13.0. The minimum Gasteiger partial charge on any atom is -0.290 e. The second-order valence-electron chi connectivity index (χ2n) is 6.49. The fraction of sp³-hybridized carbons (Fsp3) is 0.200. The molecule has 0 unspecified atom stereocenters. The predicted molar refractivity (Wildman–Crippen MR) is 109 cm³/mol. The molecule has 0 atom stereocenters. The summed E-state index contributed by atoms with van der Waals surface area (Å²) in [6.45, 7) is 1.13. The van der Waals surface area contributed by atoms with Gasteiger partial charge in [-0.3, -0.25) is 4.79 Å². The Morgan fingerprint density at radius 3 is 2.56 bits per heavy atom. The van der Waals surface area contributed by atoms with Crippen LogP contribution in [0, 0.1) is 0 Å². The average molecular weight is 441 g/mol. The van der Waals surface area contributed by atoms with Gasteiger partial charge in [0.25, 0.3) is 5.82 Å². The van der Waals surface area contributed by atoms with Crippen LogP contribution in [-0.4, -0.2) is 10.4 Å². The molecule has 0 saturated heterocycles. The maximum atomic E-state index is 12.8. The van der Waals surface area contributed by atoms with Crippen LogP contribution < -0.4 is 4.57 Å². The number of fused-ring (bicyclic) bond motifs is 1. The Kier molecular flexibility index (Phi) is 5.21. The highest BCUT2D eigenvalue weighted by Gasteiger charge is 2.30. The van der Waals surface area contributed by atoms with Crippen LogP contribution in [-0.2, 0) is 19.5 Å². The van der Waals surface area contributed by atoms with E-state index in [4.69, 9.17) is 46.4 Å². The summed E-state index contributed by atoms with van der Waals surface area (Å²) in [5, 5.41) is 1.91. The van der Waals surface area contributed by atoms with Crippen molar-refractivity contribution >= 4 is 52.2 Å². The van der Waals surface area contributed by atoms with E-state index in [0.29, 0.717) is 25.7 Å². The average Bonchev–Trinajstić information content (AvgIpc) is 3.21. The maximum absolute atomic E-state index is 12.8. The molecule has 2 aromatic carbocycles. The third kappa shape index (κ3) is 3.62. The molecule has 4 rings (SSSR count). The summed E-state index contributed by atoms with van der Waals surface area (Å²) in [4.78, 5) is 12.8. The van der Waals surface area contributed by atoms with Crippen molar-refractivity contribution in [2.45, 2.75) is 25.9 Å². The Balaban J connectivity index is 1.70. The Labute approximate surface area is 177 Å². The number of imidazole rings is 1. The van der Waals surface area contributed by atoms with Gasteiger partial charge in [0.2, 0.25) is 5.78 Å². The van der Waals surface area contributed by atoms with E-state index >= 15 is 0 Å². The van der Waals surface area contributed by atoms with Gasteiger partial charge in [-0.2, -0.15) is 0 Å². The van der Waals surface area contributed by atoms with Crippen molar-refractivity contribution in [3.8, 4) is 11.3 Å². The molecule has 3 nitrogen and oxygen atoms in total. The van der Waals surface area contributed by atoms with Crippen molar-refractivity contribution in [3.63, 3.8) is 0 Å². The second-order valence-corrected chi connectivity index (χ2v) is 8.15. The summed E-state index contributed by atoms with van der Waals surface area (Å²) < 4.78 is 4.23. The SMILES string of the molecule is O=C(C[n+]1cc(-c2ccc(Cl)c(Cl)c2)n2c1CCC2)c1ccc(Cl)cc1Cl. The van der Waals surface area contributed by atoms with Crippen molar-refractivity contribution in [1.29, 1.82) is 0 Å². The van der Waals surface area contributed by atoms with Crippen LogP contribution in [0.2, 0.25) is 20.1 Å². The molecule has 2 heterocycles. The number of ketones is 1. The van der Waals surface area contributed by atoms with E-state index in [1.807, 2.05) is 22.9 Å². The van der Waals surface area contributed by atoms with Crippen molar-refractivity contribution in [1.82, 2.24) is 4.57 Å². The number of Topliss-reactive ketones (excluding diaryl/α,β-unsaturated/α-hetero) is 1. The molecule has 0 spiro atoms. The lowest BCUT2D eigenvalue weighted by Crippen LogP contribution is -2.40. The van der Waals surface area contributed by atoms with Crippen LogP contribution in [0.25, 0.3) is 11.3 Å². The molecular formula is C20H15Cl4N2O+. The summed E-state index contributed by atoms with van der Waals surface area (Å²) in [6.07, 6.45) is 3.96. The summed E-state index contributed by atoms with van der Waals surface area (Å²) >= 11 is 24.4. The number of aromatic nitrogens is 2. The van der Waals surface area contributed by atoms with Crippen LogP contribution in [0.1, 0.15) is 22.6 Å². The first-order valence-electron chi connectivity index (χ1n) is 8.49. The zero-order valence-electron chi connectivity index (χ0n) is 14.2. The van der Waals surface area contributed by atoms with E-state index in [-0.39, 0.29) is 12.3 Å². The Morgan fingerprint density at radius 2 is 1.81 bits per heavy atom. The van der Waals surface area contributed by atoms with Gasteiger partial charge in [0, 0.05) is 16.1 Å². The van der Waals surface area contributed by atoms with Crippen molar-refractivity contribution < 1.29 is 9.36 Å². The zero-order chi connectivity index (χ0) is 19.1. The minimum atomic E-state index is -0.0531. The lowest BCUT2D eigenvalue weighted by Gasteiger charge is -2.03. The van der Waals surface area contributed by atoms with Crippen LogP contribution in [0.3, 0.4) is 0 Å². The molecule has 0 radical (unpaired) electrons. The summed E-state index contributed by atoms with van der Waals surface area (Å²) in [7, 11) is 0. The topological polar surface area (TPSA) is 25.9 Å². The molecule has 0 amide bonds.